The van der Waals surface area contributed by atoms with Crippen LogP contribution in [0.1, 0.15) is 5.56 Å². The summed E-state index contributed by atoms with van der Waals surface area (Å²) in [5.74, 6) is 1.65. The third-order valence-electron chi connectivity index (χ3n) is 3.60. The lowest BCUT2D eigenvalue weighted by atomic mass is 10.2. The predicted molar refractivity (Wildman–Crippen MR) is 94.7 cm³/mol. The maximum Gasteiger partial charge on any atom is 0.145 e. The number of aryl methyl sites for hydroxylation is 1. The van der Waals surface area contributed by atoms with Gasteiger partial charge in [-0.05, 0) is 31.2 Å². The second kappa shape index (κ2) is 8.31. The van der Waals surface area contributed by atoms with Crippen LogP contribution < -0.4 is 9.47 Å². The smallest absolute Gasteiger partial charge is 0.145 e. The van der Waals surface area contributed by atoms with E-state index in [-0.39, 0.29) is 0 Å². The van der Waals surface area contributed by atoms with Crippen molar-refractivity contribution in [2.45, 2.75) is 6.92 Å². The molecule has 3 aromatic rings. The van der Waals surface area contributed by atoms with Gasteiger partial charge < -0.3 is 14.2 Å². The Bertz CT molecular complexity index is 766. The number of aromatic nitrogens is 1. The van der Waals surface area contributed by atoms with Crippen molar-refractivity contribution in [3.05, 3.63) is 66.4 Å². The van der Waals surface area contributed by atoms with Crippen LogP contribution in [0.3, 0.4) is 0 Å². The summed E-state index contributed by atoms with van der Waals surface area (Å²) in [5, 5.41) is 1.07. The van der Waals surface area contributed by atoms with Crippen molar-refractivity contribution in [3.8, 4) is 11.5 Å². The molecule has 3 rings (SSSR count). The molecule has 124 valence electrons. The van der Waals surface area contributed by atoms with Crippen LogP contribution >= 0.6 is 0 Å². The summed E-state index contributed by atoms with van der Waals surface area (Å²) < 4.78 is 16.9. The lowest BCUT2D eigenvalue weighted by molar-refractivity contribution is 0.0767. The number of hydrogen-bond acceptors (Lipinski definition) is 4. The summed E-state index contributed by atoms with van der Waals surface area (Å²) in [7, 11) is 0. The van der Waals surface area contributed by atoms with Crippen LogP contribution in [0.2, 0.25) is 0 Å². The Morgan fingerprint density at radius 1 is 0.792 bits per heavy atom. The zero-order valence-electron chi connectivity index (χ0n) is 13.8. The molecule has 0 N–H and O–H groups in total. The molecular weight excluding hydrogens is 302 g/mol. The van der Waals surface area contributed by atoms with Gasteiger partial charge in [0.15, 0.2) is 0 Å². The Morgan fingerprint density at radius 2 is 1.54 bits per heavy atom. The van der Waals surface area contributed by atoms with Crippen LogP contribution in [0.5, 0.6) is 11.5 Å². The quantitative estimate of drug-likeness (QED) is 0.587. The molecule has 1 aromatic heterocycles. The Morgan fingerprint density at radius 3 is 2.38 bits per heavy atom. The normalized spacial score (nSPS) is 10.7. The summed E-state index contributed by atoms with van der Waals surface area (Å²) in [6.07, 6.45) is 1.77. The van der Waals surface area contributed by atoms with Crippen molar-refractivity contribution in [3.63, 3.8) is 0 Å². The summed E-state index contributed by atoms with van der Waals surface area (Å²) in [5.41, 5.74) is 2.10. The molecule has 0 radical (unpaired) electrons. The van der Waals surface area contributed by atoms with Crippen molar-refractivity contribution in [1.82, 2.24) is 4.98 Å². The molecule has 0 saturated carbocycles. The van der Waals surface area contributed by atoms with E-state index >= 15 is 0 Å². The third kappa shape index (κ3) is 4.46. The molecule has 24 heavy (non-hydrogen) atoms. The van der Waals surface area contributed by atoms with E-state index in [2.05, 4.69) is 11.9 Å². The maximum atomic E-state index is 5.77. The minimum absolute atomic E-state index is 0.486. The van der Waals surface area contributed by atoms with E-state index in [4.69, 9.17) is 14.2 Å². The molecule has 0 spiro atoms. The van der Waals surface area contributed by atoms with Crippen LogP contribution in [0, 0.1) is 6.92 Å². The number of nitrogens with zero attached hydrogens (tertiary/aromatic N) is 1. The first kappa shape index (κ1) is 16.3. The van der Waals surface area contributed by atoms with E-state index in [0.717, 1.165) is 22.4 Å². The standard InChI is InChI=1S/C20H21NO3/c1-16-7-9-18(10-8-16)23-14-12-22-13-15-24-19-6-2-4-17-5-3-11-21-20(17)19/h2-11H,12-15H2,1H3. The van der Waals surface area contributed by atoms with Gasteiger partial charge in [0.05, 0.1) is 13.2 Å². The number of benzene rings is 2. The summed E-state index contributed by atoms with van der Waals surface area (Å²) in [6, 6.07) is 17.8. The highest BCUT2D eigenvalue weighted by atomic mass is 16.5. The average molecular weight is 323 g/mol. The van der Waals surface area contributed by atoms with Gasteiger partial charge in [-0.25, -0.2) is 0 Å². The van der Waals surface area contributed by atoms with Crippen molar-refractivity contribution in [2.75, 3.05) is 26.4 Å². The fourth-order valence-electron chi connectivity index (χ4n) is 2.36. The van der Waals surface area contributed by atoms with Gasteiger partial charge in [0.25, 0.3) is 0 Å². The molecule has 0 aliphatic heterocycles. The number of para-hydroxylation sites is 1. The molecule has 1 heterocycles. The highest BCUT2D eigenvalue weighted by Crippen LogP contribution is 2.22. The fraction of sp³-hybridized carbons (Fsp3) is 0.250. The lowest BCUT2D eigenvalue weighted by Crippen LogP contribution is -2.12. The van der Waals surface area contributed by atoms with Crippen LogP contribution in [-0.2, 0) is 4.74 Å². The van der Waals surface area contributed by atoms with Crippen molar-refractivity contribution >= 4 is 10.9 Å². The molecule has 4 nitrogen and oxygen atoms in total. The van der Waals surface area contributed by atoms with Crippen LogP contribution in [0.25, 0.3) is 10.9 Å². The van der Waals surface area contributed by atoms with Gasteiger partial charge in [-0.3, -0.25) is 4.98 Å². The predicted octanol–water partition coefficient (Wildman–Crippen LogP) is 4.02. The Hall–Kier alpha value is -2.59. The van der Waals surface area contributed by atoms with E-state index in [1.807, 2.05) is 54.6 Å². The van der Waals surface area contributed by atoms with Gasteiger partial charge in [0.2, 0.25) is 0 Å². The first-order chi connectivity index (χ1) is 11.8. The first-order valence-corrected chi connectivity index (χ1v) is 8.07. The van der Waals surface area contributed by atoms with Gasteiger partial charge in [0, 0.05) is 11.6 Å². The van der Waals surface area contributed by atoms with Crippen LogP contribution in [-0.4, -0.2) is 31.4 Å². The highest BCUT2D eigenvalue weighted by Gasteiger charge is 2.02. The van der Waals surface area contributed by atoms with E-state index < -0.39 is 0 Å². The number of rotatable bonds is 8. The van der Waals surface area contributed by atoms with E-state index in [9.17, 15) is 0 Å². The van der Waals surface area contributed by atoms with Crippen LogP contribution in [0.4, 0.5) is 0 Å². The molecule has 0 atom stereocenters. The molecule has 4 heteroatoms. The zero-order valence-corrected chi connectivity index (χ0v) is 13.8. The van der Waals surface area contributed by atoms with Crippen molar-refractivity contribution < 1.29 is 14.2 Å². The van der Waals surface area contributed by atoms with Gasteiger partial charge in [-0.1, -0.05) is 35.9 Å². The zero-order chi connectivity index (χ0) is 16.6. The van der Waals surface area contributed by atoms with Crippen molar-refractivity contribution in [1.29, 1.82) is 0 Å². The monoisotopic (exact) mass is 323 g/mol. The molecule has 0 saturated heterocycles. The molecule has 0 fully saturated rings. The minimum atomic E-state index is 0.486. The number of ether oxygens (including phenoxy) is 3. The molecule has 0 amide bonds. The van der Waals surface area contributed by atoms with Gasteiger partial charge in [-0.2, -0.15) is 0 Å². The van der Waals surface area contributed by atoms with E-state index in [1.54, 1.807) is 6.20 Å². The number of fused-ring (bicyclic) bond motifs is 1. The maximum absolute atomic E-state index is 5.77. The molecule has 2 aromatic carbocycles. The summed E-state index contributed by atoms with van der Waals surface area (Å²) in [6.45, 7) is 4.11. The SMILES string of the molecule is Cc1ccc(OCCOCCOc2cccc3cccnc23)cc1. The van der Waals surface area contributed by atoms with Crippen molar-refractivity contribution in [2.24, 2.45) is 0 Å². The molecule has 0 bridgehead atoms. The minimum Gasteiger partial charge on any atom is -0.491 e. The second-order valence-electron chi connectivity index (χ2n) is 5.45. The largest absolute Gasteiger partial charge is 0.491 e. The third-order valence-corrected chi connectivity index (χ3v) is 3.60. The summed E-state index contributed by atoms with van der Waals surface area (Å²) in [4.78, 5) is 4.36. The van der Waals surface area contributed by atoms with E-state index in [0.29, 0.717) is 26.4 Å². The number of pyridine rings is 1. The van der Waals surface area contributed by atoms with Crippen LogP contribution in [0.15, 0.2) is 60.8 Å². The molecule has 0 aliphatic carbocycles. The average Bonchev–Trinajstić information content (AvgIpc) is 2.62. The first-order valence-electron chi connectivity index (χ1n) is 8.07. The summed E-state index contributed by atoms with van der Waals surface area (Å²) >= 11 is 0. The molecule has 0 unspecified atom stereocenters. The van der Waals surface area contributed by atoms with Gasteiger partial charge >= 0.3 is 0 Å². The Labute approximate surface area is 142 Å². The lowest BCUT2D eigenvalue weighted by Gasteiger charge is -2.10. The Kier molecular flexibility index (Phi) is 5.64. The number of hydrogen-bond donors (Lipinski definition) is 0. The van der Waals surface area contributed by atoms with Gasteiger partial charge in [0.1, 0.15) is 30.2 Å². The highest BCUT2D eigenvalue weighted by molar-refractivity contribution is 5.84. The van der Waals surface area contributed by atoms with E-state index in [1.165, 1.54) is 5.56 Å². The molecular formula is C20H21NO3. The molecule has 0 aliphatic rings. The second-order valence-corrected chi connectivity index (χ2v) is 5.45. The Balaban J connectivity index is 1.36. The fourth-order valence-corrected chi connectivity index (χ4v) is 2.36. The van der Waals surface area contributed by atoms with Gasteiger partial charge in [-0.15, -0.1) is 0 Å². The topological polar surface area (TPSA) is 40.6 Å².